The minimum atomic E-state index is -3.31. The summed E-state index contributed by atoms with van der Waals surface area (Å²) in [5.41, 5.74) is 2.70. The van der Waals surface area contributed by atoms with E-state index in [4.69, 9.17) is 0 Å². The molecule has 0 N–H and O–H groups in total. The number of aryl methyl sites for hydroxylation is 1. The van der Waals surface area contributed by atoms with Crippen LogP contribution in [0.3, 0.4) is 0 Å². The molecule has 0 saturated carbocycles. The lowest BCUT2D eigenvalue weighted by Gasteiger charge is -2.29. The van der Waals surface area contributed by atoms with Crippen LogP contribution in [0.1, 0.15) is 45.6 Å². The lowest BCUT2D eigenvalue weighted by molar-refractivity contribution is -0.124. The number of carbonyl (C=O) groups is 2. The fourth-order valence-corrected chi connectivity index (χ4v) is 4.71. The molecule has 32 heavy (non-hydrogen) atoms. The van der Waals surface area contributed by atoms with Gasteiger partial charge in [0.2, 0.25) is 11.8 Å². The molecule has 6 nitrogen and oxygen atoms in total. The molecule has 2 aromatic carbocycles. The van der Waals surface area contributed by atoms with Crippen molar-refractivity contribution >= 4 is 33.0 Å². The van der Waals surface area contributed by atoms with E-state index in [0.717, 1.165) is 31.2 Å². The Balaban J connectivity index is 1.76. The number of anilines is 2. The van der Waals surface area contributed by atoms with Crippen LogP contribution in [0.5, 0.6) is 0 Å². The van der Waals surface area contributed by atoms with E-state index in [0.29, 0.717) is 12.2 Å². The molecular formula is C25H32N2O4S. The maximum Gasteiger partial charge on any atom is 0.232 e. The first-order valence-electron chi connectivity index (χ1n) is 11.1. The van der Waals surface area contributed by atoms with Crippen LogP contribution in [0, 0.1) is 5.92 Å². The highest BCUT2D eigenvalue weighted by Gasteiger charge is 2.38. The van der Waals surface area contributed by atoms with Crippen molar-refractivity contribution in [3.8, 4) is 0 Å². The van der Waals surface area contributed by atoms with Crippen molar-refractivity contribution in [1.82, 2.24) is 0 Å². The van der Waals surface area contributed by atoms with Crippen LogP contribution in [-0.2, 0) is 25.8 Å². The monoisotopic (exact) mass is 456 g/mol. The smallest absolute Gasteiger partial charge is 0.232 e. The van der Waals surface area contributed by atoms with E-state index < -0.39 is 15.8 Å². The Hall–Kier alpha value is -2.67. The van der Waals surface area contributed by atoms with Gasteiger partial charge in [-0.05, 0) is 68.7 Å². The quantitative estimate of drug-likeness (QED) is 0.596. The molecular weight excluding hydrogens is 424 g/mol. The average molecular weight is 457 g/mol. The highest BCUT2D eigenvalue weighted by molar-refractivity contribution is 7.90. The van der Waals surface area contributed by atoms with Gasteiger partial charge in [-0.1, -0.05) is 25.5 Å². The number of unbranched alkanes of at least 4 members (excludes halogenated alkanes) is 1. The Morgan fingerprint density at radius 3 is 2.25 bits per heavy atom. The number of nitrogens with zero attached hydrogens (tertiary/aromatic N) is 2. The lowest BCUT2D eigenvalue weighted by Crippen LogP contribution is -2.42. The average Bonchev–Trinajstić information content (AvgIpc) is 3.14. The highest BCUT2D eigenvalue weighted by atomic mass is 32.2. The van der Waals surface area contributed by atoms with E-state index in [1.807, 2.05) is 26.0 Å². The van der Waals surface area contributed by atoms with Gasteiger partial charge in [-0.3, -0.25) is 9.59 Å². The maximum absolute atomic E-state index is 13.4. The summed E-state index contributed by atoms with van der Waals surface area (Å²) in [6.07, 6.45) is 4.62. The van der Waals surface area contributed by atoms with E-state index in [2.05, 4.69) is 19.1 Å². The molecule has 0 aromatic heterocycles. The largest absolute Gasteiger partial charge is 0.312 e. The van der Waals surface area contributed by atoms with Crippen LogP contribution in [0.4, 0.5) is 11.4 Å². The van der Waals surface area contributed by atoms with Gasteiger partial charge < -0.3 is 9.80 Å². The van der Waals surface area contributed by atoms with E-state index in [9.17, 15) is 18.0 Å². The third-order valence-electron chi connectivity index (χ3n) is 5.84. The molecule has 172 valence electrons. The van der Waals surface area contributed by atoms with Crippen molar-refractivity contribution in [1.29, 1.82) is 0 Å². The van der Waals surface area contributed by atoms with Gasteiger partial charge in [0.25, 0.3) is 0 Å². The zero-order chi connectivity index (χ0) is 23.5. The fourth-order valence-electron chi connectivity index (χ4n) is 4.08. The van der Waals surface area contributed by atoms with E-state index >= 15 is 0 Å². The molecule has 7 heteroatoms. The molecule has 3 rings (SSSR count). The lowest BCUT2D eigenvalue weighted by atomic mass is 10.1. The zero-order valence-corrected chi connectivity index (χ0v) is 20.1. The molecule has 1 aliphatic rings. The molecule has 2 aromatic rings. The predicted octanol–water partition coefficient (Wildman–Crippen LogP) is 4.23. The van der Waals surface area contributed by atoms with Crippen molar-refractivity contribution in [3.63, 3.8) is 0 Å². The third kappa shape index (κ3) is 5.38. The number of sulfone groups is 1. The first kappa shape index (κ1) is 24.0. The topological polar surface area (TPSA) is 74.8 Å². The summed E-state index contributed by atoms with van der Waals surface area (Å²) in [5, 5.41) is 0. The first-order valence-corrected chi connectivity index (χ1v) is 13.0. The van der Waals surface area contributed by atoms with Gasteiger partial charge in [-0.15, -0.1) is 0 Å². The molecule has 1 heterocycles. The number of hydrogen-bond acceptors (Lipinski definition) is 4. The second-order valence-corrected chi connectivity index (χ2v) is 10.8. The van der Waals surface area contributed by atoms with Gasteiger partial charge in [0.05, 0.1) is 10.8 Å². The van der Waals surface area contributed by atoms with E-state index in [1.165, 1.54) is 17.7 Å². The minimum Gasteiger partial charge on any atom is -0.312 e. The highest BCUT2D eigenvalue weighted by Crippen LogP contribution is 2.30. The SMILES string of the molecule is CCCCc1ccc(N2CC(C(=O)N(c3ccc(S(C)(=O)=O)cc3)C(C)C)CC2=O)cc1. The summed E-state index contributed by atoms with van der Waals surface area (Å²) in [6, 6.07) is 14.2. The molecule has 1 aliphatic heterocycles. The molecule has 2 amide bonds. The molecule has 0 spiro atoms. The van der Waals surface area contributed by atoms with Crippen LogP contribution in [0.15, 0.2) is 53.4 Å². The number of amides is 2. The molecule has 1 unspecified atom stereocenters. The van der Waals surface area contributed by atoms with Crippen LogP contribution >= 0.6 is 0 Å². The van der Waals surface area contributed by atoms with Crippen molar-refractivity contribution < 1.29 is 18.0 Å². The Morgan fingerprint density at radius 1 is 1.09 bits per heavy atom. The Bertz CT molecular complexity index is 1060. The van der Waals surface area contributed by atoms with Crippen LogP contribution in [0.25, 0.3) is 0 Å². The van der Waals surface area contributed by atoms with E-state index in [1.54, 1.807) is 21.9 Å². The van der Waals surface area contributed by atoms with Gasteiger partial charge in [0, 0.05) is 36.6 Å². The second-order valence-electron chi connectivity index (χ2n) is 8.74. The summed E-state index contributed by atoms with van der Waals surface area (Å²) in [5.74, 6) is -0.623. The minimum absolute atomic E-state index is 0.0548. The fraction of sp³-hybridized carbons (Fsp3) is 0.440. The second kappa shape index (κ2) is 9.86. The Kier molecular flexibility index (Phi) is 7.39. The van der Waals surface area contributed by atoms with Crippen molar-refractivity contribution in [2.75, 3.05) is 22.6 Å². The van der Waals surface area contributed by atoms with E-state index in [-0.39, 0.29) is 29.2 Å². The van der Waals surface area contributed by atoms with Crippen molar-refractivity contribution in [3.05, 3.63) is 54.1 Å². The first-order chi connectivity index (χ1) is 15.1. The number of hydrogen-bond donors (Lipinski definition) is 0. The van der Waals surface area contributed by atoms with Gasteiger partial charge in [-0.2, -0.15) is 0 Å². The summed E-state index contributed by atoms with van der Waals surface area (Å²) >= 11 is 0. The number of carbonyl (C=O) groups excluding carboxylic acids is 2. The zero-order valence-electron chi connectivity index (χ0n) is 19.2. The normalized spacial score (nSPS) is 16.6. The molecule has 1 saturated heterocycles. The van der Waals surface area contributed by atoms with Crippen LogP contribution in [-0.4, -0.2) is 39.1 Å². The molecule has 1 atom stereocenters. The Morgan fingerprint density at radius 2 is 1.72 bits per heavy atom. The molecule has 0 bridgehead atoms. The number of rotatable bonds is 8. The Labute approximate surface area is 191 Å². The van der Waals surface area contributed by atoms with Crippen molar-refractivity contribution in [2.24, 2.45) is 5.92 Å². The summed E-state index contributed by atoms with van der Waals surface area (Å²) in [7, 11) is -3.31. The number of benzene rings is 2. The third-order valence-corrected chi connectivity index (χ3v) is 6.97. The van der Waals surface area contributed by atoms with Gasteiger partial charge in [0.15, 0.2) is 9.84 Å². The van der Waals surface area contributed by atoms with Gasteiger partial charge >= 0.3 is 0 Å². The maximum atomic E-state index is 13.4. The van der Waals surface area contributed by atoms with Gasteiger partial charge in [0.1, 0.15) is 0 Å². The summed E-state index contributed by atoms with van der Waals surface area (Å²) < 4.78 is 23.5. The standard InChI is InChI=1S/C25H32N2O4S/c1-5-6-7-19-8-10-21(11-9-19)26-17-20(16-24(26)28)25(29)27(18(2)3)22-12-14-23(15-13-22)32(4,30)31/h8-15,18,20H,5-7,16-17H2,1-4H3. The van der Waals surface area contributed by atoms with Crippen molar-refractivity contribution in [2.45, 2.75) is 57.4 Å². The molecule has 1 fully saturated rings. The van der Waals surface area contributed by atoms with Crippen LogP contribution < -0.4 is 9.80 Å². The summed E-state index contributed by atoms with van der Waals surface area (Å²) in [4.78, 5) is 29.7. The summed E-state index contributed by atoms with van der Waals surface area (Å²) in [6.45, 7) is 6.32. The predicted molar refractivity (Wildman–Crippen MR) is 128 cm³/mol. The molecule has 0 aliphatic carbocycles. The van der Waals surface area contributed by atoms with Gasteiger partial charge in [-0.25, -0.2) is 8.42 Å². The van der Waals surface area contributed by atoms with Crippen LogP contribution in [0.2, 0.25) is 0 Å². The molecule has 0 radical (unpaired) electrons.